The minimum absolute atomic E-state index is 0.124. The Labute approximate surface area is 193 Å². The molecule has 3 aromatic carbocycles. The number of rotatable bonds is 8. The Bertz CT molecular complexity index is 1280. The van der Waals surface area contributed by atoms with E-state index in [1.165, 1.54) is 36.0 Å². The van der Waals surface area contributed by atoms with E-state index in [4.69, 9.17) is 14.2 Å². The Balaban J connectivity index is 1.35. The summed E-state index contributed by atoms with van der Waals surface area (Å²) in [4.78, 5) is 12.5. The molecule has 5 rings (SSSR count). The van der Waals surface area contributed by atoms with Crippen LogP contribution < -0.4 is 14.2 Å². The maximum absolute atomic E-state index is 13.1. The molecule has 1 aliphatic rings. The number of hydrogen-bond acceptors (Lipinski definition) is 7. The van der Waals surface area contributed by atoms with Gasteiger partial charge in [-0.15, -0.1) is 10.2 Å². The van der Waals surface area contributed by atoms with Gasteiger partial charge in [0, 0.05) is 17.3 Å². The lowest BCUT2D eigenvalue weighted by molar-refractivity contribution is 0.102. The zero-order valence-corrected chi connectivity index (χ0v) is 18.1. The molecule has 0 amide bonds. The number of para-hydroxylation sites is 1. The Kier molecular flexibility index (Phi) is 5.95. The molecule has 7 nitrogen and oxygen atoms in total. The number of aromatic nitrogens is 3. The molecular formula is C24H18FN3O4S. The molecule has 0 N–H and O–H groups in total. The van der Waals surface area contributed by atoms with Gasteiger partial charge >= 0.3 is 0 Å². The standard InChI is InChI=1S/C24H18FN3O4S/c25-17-8-6-16(7-9-17)20(29)14-33-24-27-26-23(28(24)18-4-2-1-3-5-18)13-30-19-10-11-21-22(12-19)32-15-31-21/h1-12H,13-15H2. The Hall–Kier alpha value is -3.85. The van der Waals surface area contributed by atoms with Crippen molar-refractivity contribution in [3.05, 3.63) is 90.0 Å². The van der Waals surface area contributed by atoms with E-state index < -0.39 is 0 Å². The van der Waals surface area contributed by atoms with Crippen molar-refractivity contribution >= 4 is 17.5 Å². The molecule has 4 aromatic rings. The Morgan fingerprint density at radius 3 is 2.61 bits per heavy atom. The SMILES string of the molecule is O=C(CSc1nnc(COc2ccc3c(c2)OCO3)n1-c1ccccc1)c1ccc(F)cc1. The third-order valence-corrected chi connectivity index (χ3v) is 5.85. The molecule has 0 aliphatic carbocycles. The zero-order chi connectivity index (χ0) is 22.6. The number of halogens is 1. The van der Waals surface area contributed by atoms with Crippen LogP contribution in [0.4, 0.5) is 4.39 Å². The number of hydrogen-bond donors (Lipinski definition) is 0. The van der Waals surface area contributed by atoms with E-state index in [2.05, 4.69) is 10.2 Å². The third-order valence-electron chi connectivity index (χ3n) is 4.93. The molecule has 0 spiro atoms. The summed E-state index contributed by atoms with van der Waals surface area (Å²) in [5.74, 6) is 2.14. The lowest BCUT2D eigenvalue weighted by Gasteiger charge is -2.11. The third kappa shape index (κ3) is 4.68. The molecule has 166 valence electrons. The van der Waals surface area contributed by atoms with Crippen molar-refractivity contribution in [2.75, 3.05) is 12.5 Å². The summed E-state index contributed by atoms with van der Waals surface area (Å²) in [5.41, 5.74) is 1.30. The van der Waals surface area contributed by atoms with Crippen LogP contribution in [0.5, 0.6) is 17.2 Å². The summed E-state index contributed by atoms with van der Waals surface area (Å²) in [6.07, 6.45) is 0. The van der Waals surface area contributed by atoms with Crippen LogP contribution in [0.15, 0.2) is 78.0 Å². The van der Waals surface area contributed by atoms with Crippen LogP contribution in [0.3, 0.4) is 0 Å². The topological polar surface area (TPSA) is 75.5 Å². The Morgan fingerprint density at radius 1 is 1.00 bits per heavy atom. The molecule has 0 saturated carbocycles. The smallest absolute Gasteiger partial charge is 0.231 e. The van der Waals surface area contributed by atoms with Gasteiger partial charge in [0.05, 0.1) is 5.75 Å². The number of fused-ring (bicyclic) bond motifs is 1. The van der Waals surface area contributed by atoms with Gasteiger partial charge < -0.3 is 14.2 Å². The van der Waals surface area contributed by atoms with Gasteiger partial charge in [0.15, 0.2) is 28.3 Å². The first-order valence-corrected chi connectivity index (χ1v) is 11.1. The fraction of sp³-hybridized carbons (Fsp3) is 0.125. The summed E-state index contributed by atoms with van der Waals surface area (Å²) in [6.45, 7) is 0.354. The molecule has 0 fully saturated rings. The largest absolute Gasteiger partial charge is 0.485 e. The first kappa shape index (κ1) is 21.0. The maximum atomic E-state index is 13.1. The summed E-state index contributed by atoms with van der Waals surface area (Å²) in [6, 6.07) is 20.5. The molecule has 2 heterocycles. The van der Waals surface area contributed by atoms with Crippen molar-refractivity contribution in [3.63, 3.8) is 0 Å². The van der Waals surface area contributed by atoms with E-state index in [0.717, 1.165) is 5.69 Å². The highest BCUT2D eigenvalue weighted by atomic mass is 32.2. The highest BCUT2D eigenvalue weighted by Gasteiger charge is 2.18. The van der Waals surface area contributed by atoms with E-state index in [1.54, 1.807) is 18.2 Å². The van der Waals surface area contributed by atoms with Gasteiger partial charge in [0.2, 0.25) is 6.79 Å². The molecular weight excluding hydrogens is 445 g/mol. The van der Waals surface area contributed by atoms with Crippen molar-refractivity contribution in [2.24, 2.45) is 0 Å². The van der Waals surface area contributed by atoms with Gasteiger partial charge in [0.25, 0.3) is 0 Å². The van der Waals surface area contributed by atoms with Crippen LogP contribution in [0.2, 0.25) is 0 Å². The normalized spacial score (nSPS) is 12.0. The lowest BCUT2D eigenvalue weighted by Crippen LogP contribution is -2.08. The van der Waals surface area contributed by atoms with Crippen LogP contribution in [0.1, 0.15) is 16.2 Å². The average molecular weight is 463 g/mol. The minimum atomic E-state index is -0.380. The predicted molar refractivity (Wildman–Crippen MR) is 120 cm³/mol. The van der Waals surface area contributed by atoms with Gasteiger partial charge in [-0.1, -0.05) is 30.0 Å². The Morgan fingerprint density at radius 2 is 1.79 bits per heavy atom. The van der Waals surface area contributed by atoms with E-state index in [9.17, 15) is 9.18 Å². The fourth-order valence-electron chi connectivity index (χ4n) is 3.29. The van der Waals surface area contributed by atoms with Crippen LogP contribution in [0, 0.1) is 5.82 Å². The first-order valence-electron chi connectivity index (χ1n) is 10.1. The second-order valence-electron chi connectivity index (χ2n) is 7.09. The molecule has 0 saturated heterocycles. The van der Waals surface area contributed by atoms with Gasteiger partial charge in [-0.05, 0) is 48.5 Å². The highest BCUT2D eigenvalue weighted by Crippen LogP contribution is 2.35. The minimum Gasteiger partial charge on any atom is -0.485 e. The van der Waals surface area contributed by atoms with E-state index >= 15 is 0 Å². The van der Waals surface area contributed by atoms with E-state index in [-0.39, 0.29) is 30.8 Å². The summed E-state index contributed by atoms with van der Waals surface area (Å²) in [5, 5.41) is 9.13. The molecule has 33 heavy (non-hydrogen) atoms. The molecule has 1 aromatic heterocycles. The van der Waals surface area contributed by atoms with E-state index in [1.807, 2.05) is 34.9 Å². The quantitative estimate of drug-likeness (QED) is 0.277. The number of Topliss-reactive ketones (excluding diaryl/α,β-unsaturated/α-hetero) is 1. The average Bonchev–Trinajstić information content (AvgIpc) is 3.48. The molecule has 9 heteroatoms. The van der Waals surface area contributed by atoms with Crippen molar-refractivity contribution in [2.45, 2.75) is 11.8 Å². The number of thioether (sulfide) groups is 1. The second kappa shape index (κ2) is 9.33. The van der Waals surface area contributed by atoms with Crippen molar-refractivity contribution in [1.82, 2.24) is 14.8 Å². The first-order chi connectivity index (χ1) is 16.2. The zero-order valence-electron chi connectivity index (χ0n) is 17.3. The van der Waals surface area contributed by atoms with Crippen molar-refractivity contribution in [1.29, 1.82) is 0 Å². The molecule has 1 aliphatic heterocycles. The van der Waals surface area contributed by atoms with Gasteiger partial charge in [-0.25, -0.2) is 4.39 Å². The van der Waals surface area contributed by atoms with Gasteiger partial charge in [-0.3, -0.25) is 9.36 Å². The molecule has 0 unspecified atom stereocenters. The van der Waals surface area contributed by atoms with Gasteiger partial charge in [0.1, 0.15) is 18.2 Å². The van der Waals surface area contributed by atoms with Crippen molar-refractivity contribution in [3.8, 4) is 22.9 Å². The van der Waals surface area contributed by atoms with Crippen LogP contribution >= 0.6 is 11.8 Å². The lowest BCUT2D eigenvalue weighted by atomic mass is 10.1. The predicted octanol–water partition coefficient (Wildman–Crippen LogP) is 4.69. The van der Waals surface area contributed by atoms with Crippen LogP contribution in [0.25, 0.3) is 5.69 Å². The number of benzene rings is 3. The summed E-state index contributed by atoms with van der Waals surface area (Å²) in [7, 11) is 0. The molecule has 0 bridgehead atoms. The van der Waals surface area contributed by atoms with Crippen LogP contribution in [-0.4, -0.2) is 33.1 Å². The molecule has 0 radical (unpaired) electrons. The van der Waals surface area contributed by atoms with E-state index in [0.29, 0.717) is 33.8 Å². The number of nitrogens with zero attached hydrogens (tertiary/aromatic N) is 3. The number of carbonyl (C=O) groups is 1. The number of ether oxygens (including phenoxy) is 3. The van der Waals surface area contributed by atoms with Gasteiger partial charge in [-0.2, -0.15) is 0 Å². The maximum Gasteiger partial charge on any atom is 0.231 e. The summed E-state index contributed by atoms with van der Waals surface area (Å²) >= 11 is 1.26. The highest BCUT2D eigenvalue weighted by molar-refractivity contribution is 7.99. The number of ketones is 1. The van der Waals surface area contributed by atoms with Crippen LogP contribution in [-0.2, 0) is 6.61 Å². The second-order valence-corrected chi connectivity index (χ2v) is 8.03. The fourth-order valence-corrected chi connectivity index (χ4v) is 4.15. The monoisotopic (exact) mass is 463 g/mol. The summed E-state index contributed by atoms with van der Waals surface area (Å²) < 4.78 is 31.6. The number of carbonyl (C=O) groups excluding carboxylic acids is 1. The van der Waals surface area contributed by atoms with Crippen molar-refractivity contribution < 1.29 is 23.4 Å². The molecule has 0 atom stereocenters.